The molecular formula is C20H11Cl3F2N2O2. The summed E-state index contributed by atoms with van der Waals surface area (Å²) in [7, 11) is 0. The van der Waals surface area contributed by atoms with E-state index in [0.29, 0.717) is 11.1 Å². The molecule has 0 fully saturated rings. The minimum atomic E-state index is -1.33. The monoisotopic (exact) mass is 454 g/mol. The van der Waals surface area contributed by atoms with Gasteiger partial charge in [0, 0.05) is 27.5 Å². The number of rotatable bonds is 4. The van der Waals surface area contributed by atoms with Gasteiger partial charge in [0.05, 0.1) is 26.8 Å². The third-order valence-electron chi connectivity index (χ3n) is 4.42. The van der Waals surface area contributed by atoms with Crippen molar-refractivity contribution in [1.82, 2.24) is 4.98 Å². The molecule has 0 saturated carbocycles. The Labute approximate surface area is 179 Å². The molecule has 0 saturated heterocycles. The van der Waals surface area contributed by atoms with E-state index in [2.05, 4.69) is 9.93 Å². The van der Waals surface area contributed by atoms with Crippen molar-refractivity contribution in [3.63, 3.8) is 0 Å². The maximum atomic E-state index is 15.6. The largest absolute Gasteiger partial charge is 0.382 e. The Bertz CT molecular complexity index is 1190. The van der Waals surface area contributed by atoms with E-state index < -0.39 is 11.8 Å². The Morgan fingerprint density at radius 3 is 2.66 bits per heavy atom. The number of carbonyl (C=O) groups is 1. The zero-order valence-electron chi connectivity index (χ0n) is 14.8. The first-order chi connectivity index (χ1) is 13.8. The maximum Gasteiger partial charge on any atom is 0.382 e. The van der Waals surface area contributed by atoms with Crippen LogP contribution in [0.15, 0.2) is 24.3 Å². The van der Waals surface area contributed by atoms with Crippen LogP contribution in [0.3, 0.4) is 0 Å². The Kier molecular flexibility index (Phi) is 6.23. The van der Waals surface area contributed by atoms with Crippen LogP contribution in [0.25, 0.3) is 22.0 Å². The van der Waals surface area contributed by atoms with Gasteiger partial charge in [-0.3, -0.25) is 0 Å². The highest BCUT2D eigenvalue weighted by atomic mass is 35.5. The summed E-state index contributed by atoms with van der Waals surface area (Å²) in [6, 6.07) is 8.28. The fourth-order valence-corrected chi connectivity index (χ4v) is 3.89. The number of aromatic nitrogens is 1. The fourth-order valence-electron chi connectivity index (χ4n) is 3.14. The predicted octanol–water partition coefficient (Wildman–Crippen LogP) is 6.81. The molecule has 29 heavy (non-hydrogen) atoms. The molecular weight excluding hydrogens is 445 g/mol. The standard InChI is InChI=1S/C20H11Cl3F2N2O2/c1-9-14(20(28)29-25)17(23)12-8-10(4-3-7-26)15(18(24)19(12)27-9)11-5-2-6-13(21)16(11)22/h2,5-6,8H,3-4H2,1H3. The van der Waals surface area contributed by atoms with Crippen molar-refractivity contribution >= 4 is 51.7 Å². The van der Waals surface area contributed by atoms with Gasteiger partial charge in [0.2, 0.25) is 0 Å². The van der Waals surface area contributed by atoms with E-state index in [-0.39, 0.29) is 55.6 Å². The van der Waals surface area contributed by atoms with Crippen LogP contribution < -0.4 is 0 Å². The number of nitriles is 1. The van der Waals surface area contributed by atoms with Gasteiger partial charge in [0.25, 0.3) is 0 Å². The Hall–Kier alpha value is -2.46. The van der Waals surface area contributed by atoms with Gasteiger partial charge in [-0.05, 0) is 31.0 Å². The summed E-state index contributed by atoms with van der Waals surface area (Å²) in [5.74, 6) is -2.08. The van der Waals surface area contributed by atoms with E-state index in [1.807, 2.05) is 6.07 Å². The van der Waals surface area contributed by atoms with Gasteiger partial charge in [0.15, 0.2) is 5.82 Å². The van der Waals surface area contributed by atoms with E-state index in [1.54, 1.807) is 18.2 Å². The van der Waals surface area contributed by atoms with E-state index in [9.17, 15) is 9.32 Å². The molecule has 0 aliphatic rings. The molecule has 9 heteroatoms. The van der Waals surface area contributed by atoms with Gasteiger partial charge in [-0.25, -0.2) is 19.1 Å². The molecule has 1 heterocycles. The molecule has 148 valence electrons. The normalized spacial score (nSPS) is 10.8. The van der Waals surface area contributed by atoms with E-state index in [1.165, 1.54) is 13.0 Å². The molecule has 0 radical (unpaired) electrons. The molecule has 0 atom stereocenters. The highest BCUT2D eigenvalue weighted by molar-refractivity contribution is 6.44. The van der Waals surface area contributed by atoms with Gasteiger partial charge >= 0.3 is 5.97 Å². The molecule has 0 aliphatic heterocycles. The molecule has 0 bridgehead atoms. The molecule has 0 spiro atoms. The van der Waals surface area contributed by atoms with Crippen molar-refractivity contribution in [2.45, 2.75) is 19.8 Å². The summed E-state index contributed by atoms with van der Waals surface area (Å²) < 4.78 is 28.1. The van der Waals surface area contributed by atoms with Gasteiger partial charge in [0.1, 0.15) is 11.1 Å². The van der Waals surface area contributed by atoms with Crippen LogP contribution in [0.2, 0.25) is 15.1 Å². The number of hydrogen-bond donors (Lipinski definition) is 0. The van der Waals surface area contributed by atoms with Crippen molar-refractivity contribution in [2.75, 3.05) is 0 Å². The van der Waals surface area contributed by atoms with Crippen molar-refractivity contribution in [3.8, 4) is 17.2 Å². The fraction of sp³-hybridized carbons (Fsp3) is 0.150. The Balaban J connectivity index is 2.43. The number of hydrogen-bond acceptors (Lipinski definition) is 4. The number of benzene rings is 2. The lowest BCUT2D eigenvalue weighted by molar-refractivity contribution is -0.0788. The second kappa shape index (κ2) is 8.50. The first-order valence-electron chi connectivity index (χ1n) is 8.27. The lowest BCUT2D eigenvalue weighted by Gasteiger charge is -2.16. The van der Waals surface area contributed by atoms with E-state index in [4.69, 9.17) is 40.1 Å². The minimum Gasteiger partial charge on any atom is -0.249 e. The van der Waals surface area contributed by atoms with Crippen LogP contribution in [0.5, 0.6) is 0 Å². The third-order valence-corrected chi connectivity index (χ3v) is 5.63. The lowest BCUT2D eigenvalue weighted by Crippen LogP contribution is -2.07. The lowest BCUT2D eigenvalue weighted by atomic mass is 9.93. The number of pyridine rings is 1. The van der Waals surface area contributed by atoms with Crippen LogP contribution in [-0.4, -0.2) is 11.0 Å². The molecule has 4 nitrogen and oxygen atoms in total. The summed E-state index contributed by atoms with van der Waals surface area (Å²) in [4.78, 5) is 19.1. The Morgan fingerprint density at radius 1 is 1.28 bits per heavy atom. The average Bonchev–Trinajstić information content (AvgIpc) is 2.69. The van der Waals surface area contributed by atoms with Crippen LogP contribution in [0.1, 0.15) is 28.0 Å². The molecule has 0 aliphatic carbocycles. The summed E-state index contributed by atoms with van der Waals surface area (Å²) in [5.41, 5.74) is 0.429. The summed E-state index contributed by atoms with van der Waals surface area (Å²) in [6.45, 7) is 1.38. The number of fused-ring (bicyclic) bond motifs is 1. The van der Waals surface area contributed by atoms with Crippen molar-refractivity contribution < 1.29 is 18.7 Å². The first kappa shape index (κ1) is 21.3. The number of carbonyl (C=O) groups excluding carboxylic acids is 1. The van der Waals surface area contributed by atoms with Gasteiger partial charge in [-0.2, -0.15) is 5.26 Å². The van der Waals surface area contributed by atoms with Gasteiger partial charge in [-0.15, -0.1) is 0 Å². The van der Waals surface area contributed by atoms with Crippen molar-refractivity contribution in [3.05, 3.63) is 62.0 Å². The Morgan fingerprint density at radius 2 is 2.00 bits per heavy atom. The minimum absolute atomic E-state index is 0.00281. The quantitative estimate of drug-likeness (QED) is 0.433. The highest BCUT2D eigenvalue weighted by Gasteiger charge is 2.25. The number of aryl methyl sites for hydroxylation is 2. The van der Waals surface area contributed by atoms with Crippen molar-refractivity contribution in [1.29, 1.82) is 5.26 Å². The van der Waals surface area contributed by atoms with Crippen molar-refractivity contribution in [2.24, 2.45) is 0 Å². The van der Waals surface area contributed by atoms with E-state index >= 15 is 4.39 Å². The van der Waals surface area contributed by atoms with Crippen LogP contribution in [-0.2, 0) is 11.4 Å². The van der Waals surface area contributed by atoms with Crippen LogP contribution in [0, 0.1) is 24.1 Å². The van der Waals surface area contributed by atoms with Crippen LogP contribution >= 0.6 is 34.8 Å². The van der Waals surface area contributed by atoms with Gasteiger partial charge in [-0.1, -0.05) is 46.9 Å². The molecule has 0 unspecified atom stereocenters. The first-order valence-corrected chi connectivity index (χ1v) is 9.40. The van der Waals surface area contributed by atoms with Crippen LogP contribution in [0.4, 0.5) is 8.92 Å². The zero-order chi connectivity index (χ0) is 21.3. The zero-order valence-corrected chi connectivity index (χ0v) is 17.1. The summed E-state index contributed by atoms with van der Waals surface area (Å²) in [6.07, 6.45) is 0.265. The molecule has 1 aromatic heterocycles. The number of halogens is 5. The second-order valence-electron chi connectivity index (χ2n) is 6.13. The molecule has 2 aromatic carbocycles. The SMILES string of the molecule is Cc1nc2c(F)c(-c3cccc(Cl)c3Cl)c(CCC#N)cc2c(Cl)c1C(=O)OF. The topological polar surface area (TPSA) is 63.0 Å². The maximum absolute atomic E-state index is 15.6. The summed E-state index contributed by atoms with van der Waals surface area (Å²) in [5, 5.41) is 9.25. The highest BCUT2D eigenvalue weighted by Crippen LogP contribution is 2.41. The van der Waals surface area contributed by atoms with Gasteiger partial charge < -0.3 is 0 Å². The second-order valence-corrected chi connectivity index (χ2v) is 7.29. The average molecular weight is 456 g/mol. The molecule has 0 N–H and O–H groups in total. The molecule has 3 rings (SSSR count). The van der Waals surface area contributed by atoms with E-state index in [0.717, 1.165) is 0 Å². The summed E-state index contributed by atoms with van der Waals surface area (Å²) >= 11 is 18.6. The molecule has 0 amide bonds. The predicted molar refractivity (Wildman–Crippen MR) is 107 cm³/mol. The third kappa shape index (κ3) is 3.74. The molecule has 3 aromatic rings. The smallest absolute Gasteiger partial charge is 0.249 e. The number of nitrogens with zero attached hydrogens (tertiary/aromatic N) is 2.